The van der Waals surface area contributed by atoms with Gasteiger partial charge in [-0.1, -0.05) is 41.6 Å². The maximum Gasteiger partial charge on any atom is 0.195 e. The van der Waals surface area contributed by atoms with Gasteiger partial charge in [0, 0.05) is 5.02 Å². The summed E-state index contributed by atoms with van der Waals surface area (Å²) in [6.45, 7) is 0. The van der Waals surface area contributed by atoms with Gasteiger partial charge in [-0.05, 0) is 60.9 Å². The van der Waals surface area contributed by atoms with Gasteiger partial charge in [-0.15, -0.1) is 10.2 Å². The van der Waals surface area contributed by atoms with E-state index in [0.29, 0.717) is 16.6 Å². The van der Waals surface area contributed by atoms with E-state index in [9.17, 15) is 0 Å². The number of ether oxygens (including phenoxy) is 2. The van der Waals surface area contributed by atoms with Crippen LogP contribution in [-0.2, 0) is 0 Å². The SMILES string of the molecule is COc1ccc(Cl)cc1-c1nnc(SC)n1-c1ccc(Oc2ccccc2)cc1. The molecule has 0 spiro atoms. The Balaban J connectivity index is 1.74. The van der Waals surface area contributed by atoms with Crippen LogP contribution in [0.2, 0.25) is 5.02 Å². The Hall–Kier alpha value is -2.96. The van der Waals surface area contributed by atoms with Gasteiger partial charge in [-0.25, -0.2) is 0 Å². The van der Waals surface area contributed by atoms with Crippen LogP contribution < -0.4 is 9.47 Å². The minimum absolute atomic E-state index is 0.604. The fourth-order valence-corrected chi connectivity index (χ4v) is 3.62. The van der Waals surface area contributed by atoms with E-state index in [4.69, 9.17) is 21.1 Å². The lowest BCUT2D eigenvalue weighted by Gasteiger charge is -2.13. The second kappa shape index (κ2) is 8.59. The molecule has 0 aliphatic heterocycles. The van der Waals surface area contributed by atoms with E-state index in [1.165, 1.54) is 11.8 Å². The van der Waals surface area contributed by atoms with Crippen molar-refractivity contribution in [1.82, 2.24) is 14.8 Å². The highest BCUT2D eigenvalue weighted by Gasteiger charge is 2.19. The summed E-state index contributed by atoms with van der Waals surface area (Å²) in [5, 5.41) is 10.1. The molecule has 1 heterocycles. The average Bonchev–Trinajstić information content (AvgIpc) is 3.19. The molecule has 0 bridgehead atoms. The lowest BCUT2D eigenvalue weighted by atomic mass is 10.2. The molecule has 4 rings (SSSR count). The molecule has 1 aromatic heterocycles. The van der Waals surface area contributed by atoms with Crippen LogP contribution in [0.15, 0.2) is 78.0 Å². The molecule has 4 aromatic rings. The molecule has 3 aromatic carbocycles. The Morgan fingerprint density at radius 2 is 1.62 bits per heavy atom. The Kier molecular flexibility index (Phi) is 5.74. The third-order valence-electron chi connectivity index (χ3n) is 4.29. The zero-order valence-corrected chi connectivity index (χ0v) is 17.4. The number of hydrogen-bond acceptors (Lipinski definition) is 5. The van der Waals surface area contributed by atoms with E-state index >= 15 is 0 Å². The lowest BCUT2D eigenvalue weighted by Crippen LogP contribution is -2.00. The van der Waals surface area contributed by atoms with Crippen molar-refractivity contribution >= 4 is 23.4 Å². The van der Waals surface area contributed by atoms with Crippen LogP contribution >= 0.6 is 23.4 Å². The number of methoxy groups -OCH3 is 1. The standard InChI is InChI=1S/C22H18ClN3O2S/c1-27-20-13-8-15(23)14-19(20)21-24-25-22(29-2)26(21)16-9-11-18(12-10-16)28-17-6-4-3-5-7-17/h3-14H,1-2H3. The molecule has 0 aliphatic rings. The van der Waals surface area contributed by atoms with Gasteiger partial charge in [0.1, 0.15) is 17.2 Å². The first-order valence-corrected chi connectivity index (χ1v) is 10.5. The molecule has 0 fully saturated rings. The molecule has 7 heteroatoms. The summed E-state index contributed by atoms with van der Waals surface area (Å²) >= 11 is 7.74. The molecule has 0 N–H and O–H groups in total. The Morgan fingerprint density at radius 1 is 0.897 bits per heavy atom. The fourth-order valence-electron chi connectivity index (χ4n) is 2.95. The summed E-state index contributed by atoms with van der Waals surface area (Å²) in [7, 11) is 1.62. The first-order chi connectivity index (χ1) is 14.2. The zero-order valence-electron chi connectivity index (χ0n) is 15.9. The van der Waals surface area contributed by atoms with Crippen molar-refractivity contribution in [3.8, 4) is 34.3 Å². The van der Waals surface area contributed by atoms with E-state index in [1.54, 1.807) is 13.2 Å². The summed E-state index contributed by atoms with van der Waals surface area (Å²) in [5.74, 6) is 2.88. The van der Waals surface area contributed by atoms with Crippen LogP contribution in [0.3, 0.4) is 0 Å². The molecule has 0 radical (unpaired) electrons. The van der Waals surface area contributed by atoms with Crippen molar-refractivity contribution < 1.29 is 9.47 Å². The predicted octanol–water partition coefficient (Wildman–Crippen LogP) is 6.11. The number of para-hydroxylation sites is 1. The maximum atomic E-state index is 6.23. The number of benzene rings is 3. The van der Waals surface area contributed by atoms with Gasteiger partial charge in [0.2, 0.25) is 0 Å². The molecule has 0 saturated carbocycles. The Labute approximate surface area is 178 Å². The Bertz CT molecular complexity index is 1110. The quantitative estimate of drug-likeness (QED) is 0.350. The van der Waals surface area contributed by atoms with Gasteiger partial charge in [-0.2, -0.15) is 0 Å². The largest absolute Gasteiger partial charge is 0.496 e. The van der Waals surface area contributed by atoms with Crippen molar-refractivity contribution in [2.75, 3.05) is 13.4 Å². The second-order valence-electron chi connectivity index (χ2n) is 6.10. The lowest BCUT2D eigenvalue weighted by molar-refractivity contribution is 0.416. The van der Waals surface area contributed by atoms with Crippen molar-refractivity contribution in [3.63, 3.8) is 0 Å². The first-order valence-electron chi connectivity index (χ1n) is 8.86. The van der Waals surface area contributed by atoms with E-state index in [1.807, 2.05) is 77.6 Å². The number of aromatic nitrogens is 3. The van der Waals surface area contributed by atoms with Gasteiger partial charge in [0.25, 0.3) is 0 Å². The number of nitrogens with zero attached hydrogens (tertiary/aromatic N) is 3. The molecular weight excluding hydrogens is 406 g/mol. The molecule has 29 heavy (non-hydrogen) atoms. The summed E-state index contributed by atoms with van der Waals surface area (Å²) < 4.78 is 13.4. The molecule has 5 nitrogen and oxygen atoms in total. The third kappa shape index (κ3) is 4.09. The summed E-state index contributed by atoms with van der Waals surface area (Å²) in [4.78, 5) is 0. The molecule has 0 atom stereocenters. The highest BCUT2D eigenvalue weighted by molar-refractivity contribution is 7.98. The number of hydrogen-bond donors (Lipinski definition) is 0. The van der Waals surface area contributed by atoms with Crippen molar-refractivity contribution in [1.29, 1.82) is 0 Å². The summed E-state index contributed by atoms with van der Waals surface area (Å²) in [5.41, 5.74) is 1.69. The van der Waals surface area contributed by atoms with Gasteiger partial charge in [0.05, 0.1) is 18.4 Å². The average molecular weight is 424 g/mol. The van der Waals surface area contributed by atoms with Crippen molar-refractivity contribution in [3.05, 3.63) is 77.8 Å². The molecule has 0 amide bonds. The van der Waals surface area contributed by atoms with Gasteiger partial charge < -0.3 is 9.47 Å². The fraction of sp³-hybridized carbons (Fsp3) is 0.0909. The van der Waals surface area contributed by atoms with E-state index in [0.717, 1.165) is 27.9 Å². The van der Waals surface area contributed by atoms with E-state index in [-0.39, 0.29) is 0 Å². The molecule has 0 unspecified atom stereocenters. The van der Waals surface area contributed by atoms with Crippen LogP contribution in [-0.4, -0.2) is 28.1 Å². The van der Waals surface area contributed by atoms with Crippen LogP contribution in [0, 0.1) is 0 Å². The molecular formula is C22H18ClN3O2S. The maximum absolute atomic E-state index is 6.23. The minimum atomic E-state index is 0.604. The summed E-state index contributed by atoms with van der Waals surface area (Å²) in [6.07, 6.45) is 1.96. The van der Waals surface area contributed by atoms with Crippen LogP contribution in [0.1, 0.15) is 0 Å². The van der Waals surface area contributed by atoms with E-state index < -0.39 is 0 Å². The van der Waals surface area contributed by atoms with E-state index in [2.05, 4.69) is 10.2 Å². The smallest absolute Gasteiger partial charge is 0.195 e. The Morgan fingerprint density at radius 3 is 2.31 bits per heavy atom. The first kappa shape index (κ1) is 19.4. The molecule has 0 saturated heterocycles. The minimum Gasteiger partial charge on any atom is -0.496 e. The third-order valence-corrected chi connectivity index (χ3v) is 5.16. The number of halogens is 1. The molecule has 0 aliphatic carbocycles. The second-order valence-corrected chi connectivity index (χ2v) is 7.31. The predicted molar refractivity (Wildman–Crippen MR) is 117 cm³/mol. The monoisotopic (exact) mass is 423 g/mol. The van der Waals surface area contributed by atoms with Crippen LogP contribution in [0.25, 0.3) is 17.1 Å². The van der Waals surface area contributed by atoms with Crippen LogP contribution in [0.5, 0.6) is 17.2 Å². The number of thioether (sulfide) groups is 1. The van der Waals surface area contributed by atoms with Gasteiger partial charge in [0.15, 0.2) is 11.0 Å². The normalized spacial score (nSPS) is 10.7. The van der Waals surface area contributed by atoms with Crippen molar-refractivity contribution in [2.45, 2.75) is 5.16 Å². The highest BCUT2D eigenvalue weighted by Crippen LogP contribution is 2.35. The van der Waals surface area contributed by atoms with Gasteiger partial charge in [-0.3, -0.25) is 4.57 Å². The van der Waals surface area contributed by atoms with Crippen LogP contribution in [0.4, 0.5) is 0 Å². The number of rotatable bonds is 6. The zero-order chi connectivity index (χ0) is 20.2. The topological polar surface area (TPSA) is 49.2 Å². The highest BCUT2D eigenvalue weighted by atomic mass is 35.5. The van der Waals surface area contributed by atoms with Crippen molar-refractivity contribution in [2.24, 2.45) is 0 Å². The molecule has 146 valence electrons. The van der Waals surface area contributed by atoms with Gasteiger partial charge >= 0.3 is 0 Å². The summed E-state index contributed by atoms with van der Waals surface area (Å²) in [6, 6.07) is 22.9.